The van der Waals surface area contributed by atoms with Crippen molar-refractivity contribution >= 4 is 17.4 Å². The molecule has 0 atom stereocenters. The van der Waals surface area contributed by atoms with Gasteiger partial charge in [0.1, 0.15) is 5.69 Å². The minimum Gasteiger partial charge on any atom is -0.461 e. The Morgan fingerprint density at radius 1 is 1.10 bits per heavy atom. The van der Waals surface area contributed by atoms with Crippen LogP contribution in [0.25, 0.3) is 0 Å². The average Bonchev–Trinajstić information content (AvgIpc) is 3.02. The molecule has 0 unspecified atom stereocenters. The van der Waals surface area contributed by atoms with E-state index < -0.39 is 0 Å². The second-order valence-electron chi connectivity index (χ2n) is 7.92. The van der Waals surface area contributed by atoms with Crippen LogP contribution in [-0.4, -0.2) is 54.0 Å². The van der Waals surface area contributed by atoms with Crippen molar-refractivity contribution in [1.82, 2.24) is 9.47 Å². The van der Waals surface area contributed by atoms with Crippen LogP contribution in [0.1, 0.15) is 45.4 Å². The summed E-state index contributed by atoms with van der Waals surface area (Å²) >= 11 is 0. The first-order valence-electron chi connectivity index (χ1n) is 10.7. The van der Waals surface area contributed by atoms with Gasteiger partial charge in [-0.3, -0.25) is 4.79 Å². The van der Waals surface area contributed by atoms with Gasteiger partial charge in [-0.15, -0.1) is 0 Å². The zero-order valence-electron chi connectivity index (χ0n) is 18.0. The Morgan fingerprint density at radius 2 is 1.80 bits per heavy atom. The van der Waals surface area contributed by atoms with Crippen molar-refractivity contribution in [3.63, 3.8) is 0 Å². The van der Waals surface area contributed by atoms with E-state index in [1.807, 2.05) is 30.8 Å². The molecule has 6 nitrogen and oxygen atoms in total. The van der Waals surface area contributed by atoms with Gasteiger partial charge in [-0.25, -0.2) is 4.79 Å². The number of esters is 1. The van der Waals surface area contributed by atoms with Crippen molar-refractivity contribution in [2.24, 2.45) is 7.05 Å². The Kier molecular flexibility index (Phi) is 5.66. The predicted molar refractivity (Wildman–Crippen MR) is 117 cm³/mol. The maximum atomic E-state index is 13.3. The lowest BCUT2D eigenvalue weighted by Gasteiger charge is -2.36. The topological polar surface area (TPSA) is 54.8 Å². The van der Waals surface area contributed by atoms with E-state index in [9.17, 15) is 9.59 Å². The van der Waals surface area contributed by atoms with Crippen molar-refractivity contribution in [3.8, 4) is 0 Å². The number of para-hydroxylation sites is 1. The van der Waals surface area contributed by atoms with Crippen molar-refractivity contribution in [2.45, 2.75) is 26.7 Å². The number of hydrogen-bond acceptors (Lipinski definition) is 5. The molecule has 2 aromatic rings. The predicted octanol–water partition coefficient (Wildman–Crippen LogP) is 3.35. The molecule has 1 aliphatic carbocycles. The molecule has 2 heterocycles. The Labute approximate surface area is 177 Å². The molecule has 0 N–H and O–H groups in total. The average molecular weight is 408 g/mol. The summed E-state index contributed by atoms with van der Waals surface area (Å²) in [5.41, 5.74) is 4.92. The van der Waals surface area contributed by atoms with Crippen molar-refractivity contribution in [2.75, 3.05) is 37.7 Å². The summed E-state index contributed by atoms with van der Waals surface area (Å²) in [6.07, 6.45) is 3.50. The van der Waals surface area contributed by atoms with Crippen molar-refractivity contribution in [1.29, 1.82) is 0 Å². The Balaban J connectivity index is 1.51. The third-order valence-electron chi connectivity index (χ3n) is 6.15. The van der Waals surface area contributed by atoms with Crippen LogP contribution in [0.2, 0.25) is 0 Å². The first-order chi connectivity index (χ1) is 14.5. The number of aromatic nitrogens is 1. The molecular weight excluding hydrogens is 378 g/mol. The highest BCUT2D eigenvalue weighted by molar-refractivity contribution is 6.13. The summed E-state index contributed by atoms with van der Waals surface area (Å²) in [5, 5.41) is 0. The number of piperazine rings is 1. The number of ether oxygens (including phenoxy) is 1. The molecule has 0 amide bonds. The van der Waals surface area contributed by atoms with Crippen LogP contribution in [0.5, 0.6) is 0 Å². The summed E-state index contributed by atoms with van der Waals surface area (Å²) in [7, 11) is 1.85. The number of fused-ring (bicyclic) bond motifs is 1. The molecule has 4 rings (SSSR count). The molecule has 30 heavy (non-hydrogen) atoms. The molecule has 0 saturated carbocycles. The molecule has 0 radical (unpaired) electrons. The summed E-state index contributed by atoms with van der Waals surface area (Å²) in [6, 6.07) is 10.4. The summed E-state index contributed by atoms with van der Waals surface area (Å²) in [5.74, 6) is -0.312. The molecule has 1 aromatic carbocycles. The summed E-state index contributed by atoms with van der Waals surface area (Å²) in [6.45, 7) is 7.61. The van der Waals surface area contributed by atoms with Crippen LogP contribution in [0.3, 0.4) is 0 Å². The number of carbonyl (C=O) groups is 2. The highest BCUT2D eigenvalue weighted by Gasteiger charge is 2.32. The quantitative estimate of drug-likeness (QED) is 0.575. The zero-order valence-corrected chi connectivity index (χ0v) is 18.0. The molecule has 1 fully saturated rings. The van der Waals surface area contributed by atoms with E-state index in [1.165, 1.54) is 5.69 Å². The highest BCUT2D eigenvalue weighted by Crippen LogP contribution is 2.32. The van der Waals surface area contributed by atoms with Gasteiger partial charge in [0, 0.05) is 61.9 Å². The van der Waals surface area contributed by atoms with E-state index in [2.05, 4.69) is 34.1 Å². The maximum absolute atomic E-state index is 13.3. The minimum absolute atomic E-state index is 0.0467. The number of allylic oxidation sites excluding steroid dienone is 1. The highest BCUT2D eigenvalue weighted by atomic mass is 16.5. The van der Waals surface area contributed by atoms with E-state index in [4.69, 9.17) is 4.74 Å². The first-order valence-corrected chi connectivity index (χ1v) is 10.7. The van der Waals surface area contributed by atoms with E-state index in [1.54, 1.807) is 6.92 Å². The monoisotopic (exact) mass is 407 g/mol. The maximum Gasteiger partial charge on any atom is 0.355 e. The van der Waals surface area contributed by atoms with E-state index in [-0.39, 0.29) is 11.8 Å². The van der Waals surface area contributed by atoms with Crippen LogP contribution < -0.4 is 4.90 Å². The van der Waals surface area contributed by atoms with Gasteiger partial charge in [-0.1, -0.05) is 18.2 Å². The number of ketones is 1. The van der Waals surface area contributed by atoms with Crippen LogP contribution in [0.15, 0.2) is 42.1 Å². The Morgan fingerprint density at radius 3 is 2.47 bits per heavy atom. The molecule has 0 bridgehead atoms. The molecular formula is C24H29N3O3. The second-order valence-corrected chi connectivity index (χ2v) is 7.92. The summed E-state index contributed by atoms with van der Waals surface area (Å²) in [4.78, 5) is 30.3. The number of benzene rings is 1. The lowest BCUT2D eigenvalue weighted by Crippen LogP contribution is -2.44. The van der Waals surface area contributed by atoms with E-state index in [0.29, 0.717) is 24.3 Å². The number of hydrogen-bond donors (Lipinski definition) is 0. The molecule has 2 aliphatic rings. The Hall–Kier alpha value is -3.02. The number of nitrogens with zero attached hydrogens (tertiary/aromatic N) is 3. The third kappa shape index (κ3) is 3.62. The number of rotatable bonds is 4. The van der Waals surface area contributed by atoms with Gasteiger partial charge in [0.05, 0.1) is 6.61 Å². The minimum atomic E-state index is -0.359. The molecule has 1 aromatic heterocycles. The fourth-order valence-corrected chi connectivity index (χ4v) is 4.59. The van der Waals surface area contributed by atoms with Crippen LogP contribution in [-0.2, 0) is 18.2 Å². The van der Waals surface area contributed by atoms with E-state index >= 15 is 0 Å². The molecule has 158 valence electrons. The van der Waals surface area contributed by atoms with Gasteiger partial charge in [-0.05, 0) is 44.4 Å². The third-order valence-corrected chi connectivity index (χ3v) is 6.15. The van der Waals surface area contributed by atoms with E-state index in [0.717, 1.165) is 49.4 Å². The molecule has 1 aliphatic heterocycles. The smallest absolute Gasteiger partial charge is 0.355 e. The van der Waals surface area contributed by atoms with Crippen LogP contribution in [0.4, 0.5) is 5.69 Å². The second kappa shape index (κ2) is 8.38. The van der Waals surface area contributed by atoms with Gasteiger partial charge >= 0.3 is 5.97 Å². The largest absolute Gasteiger partial charge is 0.461 e. The lowest BCUT2D eigenvalue weighted by atomic mass is 9.89. The Bertz CT molecular complexity index is 983. The number of anilines is 1. The molecule has 1 saturated heterocycles. The number of carbonyl (C=O) groups excluding carboxylic acids is 2. The molecule has 6 heteroatoms. The normalized spacial score (nSPS) is 18.0. The standard InChI is InChI=1S/C24H29N3O3/c1-4-30-24(29)22-17(2)21-20(25(22)3)11-10-18(23(21)28)16-26-12-14-27(15-13-26)19-8-6-5-7-9-19/h5-9,16H,4,10-15H2,1-3H3/b18-16-. The molecule has 0 spiro atoms. The fourth-order valence-electron chi connectivity index (χ4n) is 4.59. The van der Waals surface area contributed by atoms with Gasteiger partial charge in [0.25, 0.3) is 0 Å². The van der Waals surface area contributed by atoms with Crippen LogP contribution >= 0.6 is 0 Å². The fraction of sp³-hybridized carbons (Fsp3) is 0.417. The van der Waals surface area contributed by atoms with Gasteiger partial charge in [-0.2, -0.15) is 0 Å². The van der Waals surface area contributed by atoms with Gasteiger partial charge < -0.3 is 19.1 Å². The SMILES string of the molecule is CCOC(=O)c1c(C)c2c(n1C)CC/C(=C/N1CCN(c3ccccc3)CC1)C2=O. The lowest BCUT2D eigenvalue weighted by molar-refractivity contribution is 0.0514. The van der Waals surface area contributed by atoms with Crippen LogP contribution in [0, 0.1) is 6.92 Å². The van der Waals surface area contributed by atoms with Gasteiger partial charge in [0.2, 0.25) is 0 Å². The summed E-state index contributed by atoms with van der Waals surface area (Å²) < 4.78 is 7.04. The first kappa shape index (κ1) is 20.3. The zero-order chi connectivity index (χ0) is 21.3. The number of Topliss-reactive ketones (excluding diaryl/α,β-unsaturated/α-hetero) is 1. The van der Waals surface area contributed by atoms with Gasteiger partial charge in [0.15, 0.2) is 5.78 Å². The van der Waals surface area contributed by atoms with Crippen molar-refractivity contribution < 1.29 is 14.3 Å². The van der Waals surface area contributed by atoms with Crippen molar-refractivity contribution in [3.05, 3.63) is 64.6 Å².